The van der Waals surface area contributed by atoms with Crippen LogP contribution in [0.3, 0.4) is 0 Å². The topological polar surface area (TPSA) is 90.9 Å². The van der Waals surface area contributed by atoms with Crippen molar-refractivity contribution < 1.29 is 42.7 Å². The maximum absolute atomic E-state index is 12.4. The van der Waals surface area contributed by atoms with Gasteiger partial charge in [0.2, 0.25) is 0 Å². The molecule has 23 heavy (non-hydrogen) atoms. The minimum Gasteiger partial charge on any atom is -0.359 e. The van der Waals surface area contributed by atoms with E-state index in [4.69, 9.17) is 37.9 Å². The van der Waals surface area contributed by atoms with Crippen LogP contribution in [0.15, 0.2) is 0 Å². The van der Waals surface area contributed by atoms with Crippen LogP contribution in [0.1, 0.15) is 6.42 Å². The Hall–Kier alpha value is -0.650. The fourth-order valence-electron chi connectivity index (χ4n) is 2.31. The summed E-state index contributed by atoms with van der Waals surface area (Å²) in [5.41, 5.74) is 0. The minimum atomic E-state index is -0.839. The molecule has 9 heteroatoms. The van der Waals surface area contributed by atoms with Crippen LogP contribution in [0.25, 0.3) is 0 Å². The van der Waals surface area contributed by atoms with Crippen LogP contribution in [0.2, 0.25) is 0 Å². The first-order valence-corrected chi connectivity index (χ1v) is 7.14. The highest BCUT2D eigenvalue weighted by Gasteiger charge is 2.47. The number of methoxy groups -OCH3 is 4. The normalized spacial score (nSPS) is 28.3. The summed E-state index contributed by atoms with van der Waals surface area (Å²) >= 11 is 0. The average molecular weight is 338 g/mol. The van der Waals surface area contributed by atoms with Gasteiger partial charge in [-0.05, 0) is 0 Å². The molecule has 0 N–H and O–H groups in total. The van der Waals surface area contributed by atoms with Gasteiger partial charge in [-0.15, -0.1) is 0 Å². The number of carbonyl (C=O) groups excluding carboxylic acids is 1. The molecule has 0 heterocycles. The van der Waals surface area contributed by atoms with Gasteiger partial charge in [-0.1, -0.05) is 0 Å². The molecule has 0 aromatic carbocycles. The number of carbonyl (C=O) groups is 1. The lowest BCUT2D eigenvalue weighted by molar-refractivity contribution is -0.248. The highest BCUT2D eigenvalue weighted by atomic mass is 16.7. The van der Waals surface area contributed by atoms with Crippen molar-refractivity contribution in [2.45, 2.75) is 30.8 Å². The van der Waals surface area contributed by atoms with Gasteiger partial charge in [0.1, 0.15) is 45.5 Å². The summed E-state index contributed by atoms with van der Waals surface area (Å²) in [6.45, 7) is -0.000604. The molecule has 9 nitrogen and oxygen atoms in total. The molecular weight excluding hydrogens is 312 g/mol. The fraction of sp³-hybridized carbons (Fsp3) is 0.929. The van der Waals surface area contributed by atoms with Gasteiger partial charge in [0.25, 0.3) is 0 Å². The number of rotatable bonds is 12. The quantitative estimate of drug-likeness (QED) is 0.453. The van der Waals surface area contributed by atoms with E-state index in [-0.39, 0.29) is 39.4 Å². The Balaban J connectivity index is 2.89. The van der Waals surface area contributed by atoms with E-state index >= 15 is 0 Å². The third-order valence-corrected chi connectivity index (χ3v) is 3.23. The summed E-state index contributed by atoms with van der Waals surface area (Å²) in [6.07, 6.45) is -2.57. The first-order valence-electron chi connectivity index (χ1n) is 7.14. The number of Topliss-reactive ketones (excluding diaryl/α,β-unsaturated/α-hetero) is 1. The molecule has 0 saturated heterocycles. The largest absolute Gasteiger partial charge is 0.359 e. The summed E-state index contributed by atoms with van der Waals surface area (Å²) in [4.78, 5) is 12.4. The molecule has 1 rings (SSSR count). The monoisotopic (exact) mass is 338 g/mol. The Morgan fingerprint density at radius 2 is 1.22 bits per heavy atom. The molecule has 0 aromatic heterocycles. The summed E-state index contributed by atoms with van der Waals surface area (Å²) < 4.78 is 41.9. The first kappa shape index (κ1) is 20.4. The first-order chi connectivity index (χ1) is 11.2. The van der Waals surface area contributed by atoms with Crippen molar-refractivity contribution in [2.24, 2.45) is 0 Å². The predicted molar refractivity (Wildman–Crippen MR) is 76.6 cm³/mol. The van der Waals surface area contributed by atoms with Crippen LogP contribution in [-0.4, -0.2) is 85.8 Å². The van der Waals surface area contributed by atoms with Crippen molar-refractivity contribution in [2.75, 3.05) is 55.6 Å². The van der Waals surface area contributed by atoms with Gasteiger partial charge in [0, 0.05) is 34.9 Å². The van der Waals surface area contributed by atoms with Gasteiger partial charge in [-0.25, -0.2) is 0 Å². The molecule has 1 aliphatic carbocycles. The minimum absolute atomic E-state index is 0.0192. The maximum atomic E-state index is 12.4. The third-order valence-electron chi connectivity index (χ3n) is 3.23. The lowest BCUT2D eigenvalue weighted by Crippen LogP contribution is -2.58. The molecule has 1 saturated carbocycles. The van der Waals surface area contributed by atoms with Gasteiger partial charge in [0.05, 0.1) is 6.10 Å². The zero-order valence-corrected chi connectivity index (χ0v) is 14.0. The predicted octanol–water partition coefficient (Wildman–Crippen LogP) is -0.0844. The Morgan fingerprint density at radius 3 is 1.78 bits per heavy atom. The second kappa shape index (κ2) is 11.8. The van der Waals surface area contributed by atoms with Crippen molar-refractivity contribution in [1.82, 2.24) is 0 Å². The van der Waals surface area contributed by atoms with Crippen LogP contribution < -0.4 is 0 Å². The zero-order valence-electron chi connectivity index (χ0n) is 14.0. The van der Waals surface area contributed by atoms with Gasteiger partial charge in [-0.3, -0.25) is 4.79 Å². The van der Waals surface area contributed by atoms with Crippen molar-refractivity contribution in [1.29, 1.82) is 0 Å². The van der Waals surface area contributed by atoms with Gasteiger partial charge in [0.15, 0.2) is 5.78 Å². The van der Waals surface area contributed by atoms with E-state index in [1.807, 2.05) is 0 Å². The summed E-state index contributed by atoms with van der Waals surface area (Å²) in [5.74, 6) is -0.165. The molecule has 0 bridgehead atoms. The summed E-state index contributed by atoms with van der Waals surface area (Å²) in [7, 11) is 5.96. The second-order valence-corrected chi connectivity index (χ2v) is 4.85. The number of hydrogen-bond donors (Lipinski definition) is 0. The highest BCUT2D eigenvalue weighted by molar-refractivity contribution is 5.85. The van der Waals surface area contributed by atoms with E-state index in [9.17, 15) is 4.79 Å². The van der Waals surface area contributed by atoms with Crippen LogP contribution >= 0.6 is 0 Å². The van der Waals surface area contributed by atoms with Gasteiger partial charge in [-0.2, -0.15) is 0 Å². The Morgan fingerprint density at radius 1 is 0.739 bits per heavy atom. The fourth-order valence-corrected chi connectivity index (χ4v) is 2.31. The third kappa shape index (κ3) is 6.40. The molecular formula is C14H26O9. The Labute approximate surface area is 136 Å². The van der Waals surface area contributed by atoms with Gasteiger partial charge < -0.3 is 37.9 Å². The smallest absolute Gasteiger partial charge is 0.167 e. The van der Waals surface area contributed by atoms with E-state index in [0.717, 1.165) is 0 Å². The van der Waals surface area contributed by atoms with Crippen molar-refractivity contribution >= 4 is 5.78 Å². The maximum Gasteiger partial charge on any atom is 0.167 e. The number of ether oxygens (including phenoxy) is 8. The Bertz CT molecular complexity index is 325. The molecule has 0 amide bonds. The van der Waals surface area contributed by atoms with E-state index in [1.165, 1.54) is 28.4 Å². The molecule has 136 valence electrons. The summed E-state index contributed by atoms with van der Waals surface area (Å²) in [5, 5.41) is 0. The lowest BCUT2D eigenvalue weighted by atomic mass is 9.88. The molecule has 0 aromatic rings. The molecule has 0 spiro atoms. The number of ketones is 1. The SMILES string of the molecule is COCO[C@@H]1[C@H](OCOC)[C@@H](OCOC)C(=O)C[C@H]1OCOC. The lowest BCUT2D eigenvalue weighted by Gasteiger charge is -2.40. The van der Waals surface area contributed by atoms with Crippen LogP contribution in [0.4, 0.5) is 0 Å². The summed E-state index contributed by atoms with van der Waals surface area (Å²) in [6, 6.07) is 0. The standard InChI is InChI=1S/C14H26O9/c1-16-6-20-11-5-10(15)12(21-7-17-2)14(23-9-19-4)13(11)22-8-18-3/h11-14H,5-9H2,1-4H3/t11-,12+,13+,14-/m1/s1. The van der Waals surface area contributed by atoms with E-state index in [1.54, 1.807) is 0 Å². The molecule has 0 unspecified atom stereocenters. The molecule has 4 atom stereocenters. The van der Waals surface area contributed by atoms with E-state index in [2.05, 4.69) is 0 Å². The average Bonchev–Trinajstić information content (AvgIpc) is 2.56. The van der Waals surface area contributed by atoms with E-state index < -0.39 is 24.4 Å². The van der Waals surface area contributed by atoms with Crippen molar-refractivity contribution in [3.05, 3.63) is 0 Å². The molecule has 1 fully saturated rings. The van der Waals surface area contributed by atoms with Crippen LogP contribution in [0, 0.1) is 0 Å². The Kier molecular flexibility index (Phi) is 10.5. The van der Waals surface area contributed by atoms with Crippen LogP contribution in [0.5, 0.6) is 0 Å². The molecule has 0 aliphatic heterocycles. The number of hydrogen-bond acceptors (Lipinski definition) is 9. The van der Waals surface area contributed by atoms with Crippen molar-refractivity contribution in [3.63, 3.8) is 0 Å². The molecule has 1 aliphatic rings. The zero-order chi connectivity index (χ0) is 17.1. The second-order valence-electron chi connectivity index (χ2n) is 4.85. The van der Waals surface area contributed by atoms with Gasteiger partial charge >= 0.3 is 0 Å². The molecule has 0 radical (unpaired) electrons. The highest BCUT2D eigenvalue weighted by Crippen LogP contribution is 2.27. The van der Waals surface area contributed by atoms with E-state index in [0.29, 0.717) is 0 Å². The van der Waals surface area contributed by atoms with Crippen LogP contribution in [-0.2, 0) is 42.7 Å². The van der Waals surface area contributed by atoms with Crippen molar-refractivity contribution in [3.8, 4) is 0 Å².